The second-order valence-electron chi connectivity index (χ2n) is 4.29. The maximum atomic E-state index is 13.8. The molecule has 0 radical (unpaired) electrons. The number of amides is 3. The maximum absolute atomic E-state index is 13.8. The smallest absolute Gasteiger partial charge is 0.257 e. The zero-order chi connectivity index (χ0) is 15.4. The van der Waals surface area contributed by atoms with Crippen LogP contribution < -0.4 is 5.32 Å². The number of aliphatic hydroxyl groups excluding tert-OH is 1. The Hall–Kier alpha value is -2.72. The summed E-state index contributed by atoms with van der Waals surface area (Å²) in [5.41, 5.74) is 0.0730. The molecule has 0 unspecified atom stereocenters. The van der Waals surface area contributed by atoms with Crippen LogP contribution in [0.25, 0.3) is 0 Å². The predicted molar refractivity (Wildman–Crippen MR) is 69.4 cm³/mol. The third kappa shape index (κ3) is 3.43. The van der Waals surface area contributed by atoms with Gasteiger partial charge >= 0.3 is 0 Å². The van der Waals surface area contributed by atoms with Gasteiger partial charge in [-0.3, -0.25) is 19.7 Å². The monoisotopic (exact) mass is 290 g/mol. The first-order valence-electron chi connectivity index (χ1n) is 6.02. The summed E-state index contributed by atoms with van der Waals surface area (Å²) in [6, 6.07) is 3.65. The van der Waals surface area contributed by atoms with Crippen molar-refractivity contribution in [3.05, 3.63) is 35.1 Å². The number of rotatable bonds is 1. The molecule has 1 aromatic rings. The van der Waals surface area contributed by atoms with E-state index in [4.69, 9.17) is 5.11 Å². The molecule has 0 saturated carbocycles. The van der Waals surface area contributed by atoms with E-state index in [9.17, 15) is 18.8 Å². The number of piperazine rings is 1. The summed E-state index contributed by atoms with van der Waals surface area (Å²) < 4.78 is 13.8. The Labute approximate surface area is 119 Å². The Bertz CT molecular complexity index is 659. The molecule has 1 saturated heterocycles. The fourth-order valence-corrected chi connectivity index (χ4v) is 1.86. The van der Waals surface area contributed by atoms with Crippen molar-refractivity contribution in [2.45, 2.75) is 0 Å². The third-order valence-corrected chi connectivity index (χ3v) is 2.74. The van der Waals surface area contributed by atoms with E-state index in [0.29, 0.717) is 5.56 Å². The number of carbonyl (C=O) groups is 3. The molecule has 0 spiro atoms. The van der Waals surface area contributed by atoms with Gasteiger partial charge in [0.2, 0.25) is 11.8 Å². The number of imide groups is 1. The Morgan fingerprint density at radius 2 is 2.00 bits per heavy atom. The van der Waals surface area contributed by atoms with E-state index in [0.717, 1.165) is 11.0 Å². The lowest BCUT2D eigenvalue weighted by Crippen LogP contribution is -2.53. The quantitative estimate of drug-likeness (QED) is 0.527. The van der Waals surface area contributed by atoms with Crippen LogP contribution in [-0.4, -0.2) is 47.4 Å². The summed E-state index contributed by atoms with van der Waals surface area (Å²) in [6.45, 7) is -0.978. The average Bonchev–Trinajstić information content (AvgIpc) is 2.44. The highest BCUT2D eigenvalue weighted by Gasteiger charge is 2.28. The summed E-state index contributed by atoms with van der Waals surface area (Å²) >= 11 is 0. The van der Waals surface area contributed by atoms with Crippen molar-refractivity contribution in [3.8, 4) is 11.8 Å². The fourth-order valence-electron chi connectivity index (χ4n) is 1.86. The molecule has 0 atom stereocenters. The third-order valence-electron chi connectivity index (χ3n) is 2.74. The Kier molecular flexibility index (Phi) is 4.30. The largest absolute Gasteiger partial charge is 0.384 e. The van der Waals surface area contributed by atoms with Crippen molar-refractivity contribution in [2.75, 3.05) is 19.7 Å². The number of carbonyl (C=O) groups excluding carboxylic acids is 3. The van der Waals surface area contributed by atoms with Gasteiger partial charge in [0, 0.05) is 5.56 Å². The van der Waals surface area contributed by atoms with Crippen LogP contribution in [0.2, 0.25) is 0 Å². The number of hydrogen-bond acceptors (Lipinski definition) is 4. The summed E-state index contributed by atoms with van der Waals surface area (Å²) in [5.74, 6) is 2.18. The topological polar surface area (TPSA) is 86.7 Å². The van der Waals surface area contributed by atoms with Gasteiger partial charge in [0.15, 0.2) is 0 Å². The molecular formula is C14H11FN2O4. The standard InChI is InChI=1S/C14H11FN2O4/c15-11-4-3-9(2-1-5-18)6-10(11)14(21)17-7-12(19)16-13(20)8-17/h3-4,6,18H,5,7-8H2,(H,16,19,20). The molecule has 2 rings (SSSR count). The van der Waals surface area contributed by atoms with Gasteiger partial charge in [0.05, 0.1) is 5.56 Å². The van der Waals surface area contributed by atoms with Gasteiger partial charge in [0.1, 0.15) is 25.5 Å². The van der Waals surface area contributed by atoms with E-state index in [1.54, 1.807) is 0 Å². The minimum atomic E-state index is -0.770. The summed E-state index contributed by atoms with van der Waals surface area (Å²) in [7, 11) is 0. The molecule has 21 heavy (non-hydrogen) atoms. The van der Waals surface area contributed by atoms with E-state index >= 15 is 0 Å². The van der Waals surface area contributed by atoms with Crippen LogP contribution in [-0.2, 0) is 9.59 Å². The van der Waals surface area contributed by atoms with E-state index in [-0.39, 0.29) is 25.3 Å². The minimum absolute atomic E-state index is 0.276. The molecule has 1 aliphatic rings. The Balaban J connectivity index is 2.29. The van der Waals surface area contributed by atoms with Gasteiger partial charge in [-0.25, -0.2) is 4.39 Å². The molecular weight excluding hydrogens is 279 g/mol. The molecule has 0 bridgehead atoms. The highest BCUT2D eigenvalue weighted by molar-refractivity contribution is 6.05. The minimum Gasteiger partial charge on any atom is -0.384 e. The van der Waals surface area contributed by atoms with Crippen LogP contribution in [0.15, 0.2) is 18.2 Å². The number of nitrogens with one attached hydrogen (secondary N) is 1. The molecule has 3 amide bonds. The van der Waals surface area contributed by atoms with Gasteiger partial charge in [0.25, 0.3) is 5.91 Å². The lowest BCUT2D eigenvalue weighted by atomic mass is 10.1. The van der Waals surface area contributed by atoms with Gasteiger partial charge in [-0.2, -0.15) is 0 Å². The summed E-state index contributed by atoms with van der Waals surface area (Å²) in [6.07, 6.45) is 0. The number of aliphatic hydroxyl groups is 1. The highest BCUT2D eigenvalue weighted by atomic mass is 19.1. The average molecular weight is 290 g/mol. The first-order valence-corrected chi connectivity index (χ1v) is 6.02. The second-order valence-corrected chi connectivity index (χ2v) is 4.29. The lowest BCUT2D eigenvalue weighted by Gasteiger charge is -2.25. The van der Waals surface area contributed by atoms with E-state index in [2.05, 4.69) is 17.2 Å². The zero-order valence-electron chi connectivity index (χ0n) is 10.9. The lowest BCUT2D eigenvalue weighted by molar-refractivity contribution is -0.135. The Morgan fingerprint density at radius 1 is 1.33 bits per heavy atom. The highest BCUT2D eigenvalue weighted by Crippen LogP contribution is 2.13. The second kappa shape index (κ2) is 6.15. The van der Waals surface area contributed by atoms with E-state index < -0.39 is 23.5 Å². The first kappa shape index (κ1) is 14.7. The van der Waals surface area contributed by atoms with Gasteiger partial charge in [-0.1, -0.05) is 11.8 Å². The molecule has 6 nitrogen and oxygen atoms in total. The van der Waals surface area contributed by atoms with E-state index in [1.165, 1.54) is 12.1 Å². The molecule has 2 N–H and O–H groups in total. The normalized spacial score (nSPS) is 14.3. The molecule has 1 aliphatic heterocycles. The SMILES string of the molecule is O=C1CN(C(=O)c2cc(C#CCO)ccc2F)CC(=O)N1. The van der Waals surface area contributed by atoms with Gasteiger partial charge in [-0.15, -0.1) is 0 Å². The number of halogens is 1. The first-order chi connectivity index (χ1) is 10.0. The predicted octanol–water partition coefficient (Wildman–Crippen LogP) is -0.732. The van der Waals surface area contributed by atoms with Crippen molar-refractivity contribution in [1.29, 1.82) is 0 Å². The zero-order valence-corrected chi connectivity index (χ0v) is 10.9. The van der Waals surface area contributed by atoms with E-state index in [1.807, 2.05) is 0 Å². The molecule has 1 aromatic carbocycles. The molecule has 108 valence electrons. The van der Waals surface area contributed by atoms with Crippen LogP contribution in [0.4, 0.5) is 4.39 Å². The van der Waals surface area contributed by atoms with Crippen LogP contribution in [0.3, 0.4) is 0 Å². The molecule has 0 aliphatic carbocycles. The Morgan fingerprint density at radius 3 is 2.62 bits per heavy atom. The van der Waals surface area contributed by atoms with Gasteiger partial charge in [-0.05, 0) is 18.2 Å². The van der Waals surface area contributed by atoms with Crippen LogP contribution >= 0.6 is 0 Å². The summed E-state index contributed by atoms with van der Waals surface area (Å²) in [5, 5.41) is 10.7. The number of nitrogens with zero attached hydrogens (tertiary/aromatic N) is 1. The van der Waals surface area contributed by atoms with Crippen molar-refractivity contribution < 1.29 is 23.9 Å². The number of hydrogen-bond donors (Lipinski definition) is 2. The maximum Gasteiger partial charge on any atom is 0.257 e. The van der Waals surface area contributed by atoms with Crippen molar-refractivity contribution >= 4 is 17.7 Å². The molecule has 1 fully saturated rings. The van der Waals surface area contributed by atoms with Gasteiger partial charge < -0.3 is 10.0 Å². The van der Waals surface area contributed by atoms with Crippen LogP contribution in [0.5, 0.6) is 0 Å². The summed E-state index contributed by atoms with van der Waals surface area (Å²) in [4.78, 5) is 35.6. The van der Waals surface area contributed by atoms with Crippen LogP contribution in [0.1, 0.15) is 15.9 Å². The molecule has 0 aromatic heterocycles. The molecule has 1 heterocycles. The fraction of sp³-hybridized carbons (Fsp3) is 0.214. The van der Waals surface area contributed by atoms with Crippen molar-refractivity contribution in [1.82, 2.24) is 10.2 Å². The van der Waals surface area contributed by atoms with Crippen molar-refractivity contribution in [2.24, 2.45) is 0 Å². The van der Waals surface area contributed by atoms with Crippen molar-refractivity contribution in [3.63, 3.8) is 0 Å². The van der Waals surface area contributed by atoms with Crippen LogP contribution in [0, 0.1) is 17.7 Å². The number of benzene rings is 1. The molecule has 7 heteroatoms.